The Balaban J connectivity index is 1.82. The average molecular weight is 246 g/mol. The number of amidine groups is 1. The van der Waals surface area contributed by atoms with Crippen LogP contribution in [0.1, 0.15) is 19.3 Å². The summed E-state index contributed by atoms with van der Waals surface area (Å²) in [4.78, 5) is 7.17. The molecular formula is C14H18N2S. The number of nitrogens with zero attached hydrogens (tertiary/aromatic N) is 2. The van der Waals surface area contributed by atoms with Crippen LogP contribution < -0.4 is 0 Å². The third-order valence-electron chi connectivity index (χ3n) is 3.83. The highest BCUT2D eigenvalue weighted by atomic mass is 32.2. The van der Waals surface area contributed by atoms with E-state index in [0.717, 1.165) is 17.6 Å². The highest BCUT2D eigenvalue weighted by molar-refractivity contribution is 8.13. The van der Waals surface area contributed by atoms with Gasteiger partial charge in [0.25, 0.3) is 0 Å². The van der Waals surface area contributed by atoms with Crippen LogP contribution in [0.15, 0.2) is 35.3 Å². The molecule has 3 heteroatoms. The van der Waals surface area contributed by atoms with Crippen LogP contribution in [0.5, 0.6) is 0 Å². The Morgan fingerprint density at radius 2 is 2.06 bits per heavy atom. The van der Waals surface area contributed by atoms with E-state index < -0.39 is 0 Å². The Bertz CT molecular complexity index is 415. The number of benzene rings is 1. The molecule has 2 atom stereocenters. The molecule has 3 rings (SSSR count). The van der Waals surface area contributed by atoms with E-state index in [2.05, 4.69) is 24.1 Å². The summed E-state index contributed by atoms with van der Waals surface area (Å²) in [7, 11) is 2.21. The molecule has 1 heterocycles. The van der Waals surface area contributed by atoms with Crippen molar-refractivity contribution in [2.45, 2.75) is 25.3 Å². The number of rotatable bonds is 1. The van der Waals surface area contributed by atoms with Crippen LogP contribution in [-0.4, -0.2) is 28.9 Å². The standard InChI is InChI=1S/C14H18N2S/c1-16-13-9-5-6-11(13)10-17-14(16)15-12-7-3-2-4-8-12/h2-4,7-8,11,13H,5-6,9-10H2,1H3/t11-,13+/m1/s1. The predicted octanol–water partition coefficient (Wildman–Crippen LogP) is 3.52. The molecule has 1 aliphatic heterocycles. The van der Waals surface area contributed by atoms with Crippen molar-refractivity contribution in [1.82, 2.24) is 4.90 Å². The summed E-state index contributed by atoms with van der Waals surface area (Å²) in [6.45, 7) is 0. The number of para-hydroxylation sites is 1. The molecule has 0 unspecified atom stereocenters. The predicted molar refractivity (Wildman–Crippen MR) is 74.9 cm³/mol. The third-order valence-corrected chi connectivity index (χ3v) is 5.06. The first kappa shape index (κ1) is 11.1. The summed E-state index contributed by atoms with van der Waals surface area (Å²) >= 11 is 1.92. The molecule has 1 aliphatic carbocycles. The Morgan fingerprint density at radius 1 is 1.24 bits per heavy atom. The van der Waals surface area contributed by atoms with E-state index in [-0.39, 0.29) is 0 Å². The van der Waals surface area contributed by atoms with Gasteiger partial charge in [-0.2, -0.15) is 0 Å². The maximum absolute atomic E-state index is 4.77. The first-order chi connectivity index (χ1) is 8.34. The molecule has 1 saturated heterocycles. The largest absolute Gasteiger partial charge is 0.351 e. The molecule has 2 fully saturated rings. The first-order valence-electron chi connectivity index (χ1n) is 6.34. The lowest BCUT2D eigenvalue weighted by Gasteiger charge is -2.36. The second-order valence-corrected chi connectivity index (χ2v) is 5.90. The zero-order valence-electron chi connectivity index (χ0n) is 10.2. The minimum atomic E-state index is 0.735. The summed E-state index contributed by atoms with van der Waals surface area (Å²) in [5.74, 6) is 2.14. The van der Waals surface area contributed by atoms with E-state index in [4.69, 9.17) is 4.99 Å². The van der Waals surface area contributed by atoms with Gasteiger partial charge in [-0.3, -0.25) is 0 Å². The van der Waals surface area contributed by atoms with Gasteiger partial charge in [-0.15, -0.1) is 0 Å². The van der Waals surface area contributed by atoms with Crippen LogP contribution in [0.25, 0.3) is 0 Å². The molecule has 2 nitrogen and oxygen atoms in total. The van der Waals surface area contributed by atoms with Crippen molar-refractivity contribution in [2.75, 3.05) is 12.8 Å². The molecule has 0 aromatic heterocycles. The van der Waals surface area contributed by atoms with Gasteiger partial charge in [0, 0.05) is 18.8 Å². The molecule has 0 bridgehead atoms. The van der Waals surface area contributed by atoms with Gasteiger partial charge in [0.2, 0.25) is 0 Å². The molecule has 1 aromatic rings. The Morgan fingerprint density at radius 3 is 2.88 bits per heavy atom. The fourth-order valence-corrected chi connectivity index (χ4v) is 4.13. The number of hydrogen-bond acceptors (Lipinski definition) is 2. The van der Waals surface area contributed by atoms with Gasteiger partial charge < -0.3 is 4.90 Å². The molecule has 1 aromatic carbocycles. The quantitative estimate of drug-likeness (QED) is 0.753. The highest BCUT2D eigenvalue weighted by Gasteiger charge is 2.36. The van der Waals surface area contributed by atoms with E-state index in [9.17, 15) is 0 Å². The molecule has 0 spiro atoms. The van der Waals surface area contributed by atoms with Gasteiger partial charge in [-0.25, -0.2) is 4.99 Å². The maximum Gasteiger partial charge on any atom is 0.164 e. The fraction of sp³-hybridized carbons (Fsp3) is 0.500. The third kappa shape index (κ3) is 2.21. The number of hydrogen-bond donors (Lipinski definition) is 0. The second kappa shape index (κ2) is 4.73. The SMILES string of the molecule is CN1C(=Nc2ccccc2)SC[C@H]2CCC[C@@H]21. The lowest BCUT2D eigenvalue weighted by molar-refractivity contribution is 0.309. The summed E-state index contributed by atoms with van der Waals surface area (Å²) in [5.41, 5.74) is 1.07. The van der Waals surface area contributed by atoms with E-state index in [0.29, 0.717) is 0 Å². The normalized spacial score (nSPS) is 30.6. The van der Waals surface area contributed by atoms with Gasteiger partial charge in [0.15, 0.2) is 5.17 Å². The van der Waals surface area contributed by atoms with Crippen molar-refractivity contribution in [1.29, 1.82) is 0 Å². The molecule has 17 heavy (non-hydrogen) atoms. The van der Waals surface area contributed by atoms with Crippen molar-refractivity contribution >= 4 is 22.6 Å². The van der Waals surface area contributed by atoms with E-state index in [1.807, 2.05) is 30.0 Å². The fourth-order valence-electron chi connectivity index (χ4n) is 2.87. The van der Waals surface area contributed by atoms with Crippen LogP contribution in [-0.2, 0) is 0 Å². The highest BCUT2D eigenvalue weighted by Crippen LogP contribution is 2.38. The Hall–Kier alpha value is -0.960. The lowest BCUT2D eigenvalue weighted by atomic mass is 10.1. The zero-order chi connectivity index (χ0) is 11.7. The van der Waals surface area contributed by atoms with Crippen molar-refractivity contribution in [3.63, 3.8) is 0 Å². The van der Waals surface area contributed by atoms with Crippen LogP contribution in [0.2, 0.25) is 0 Å². The molecule has 0 radical (unpaired) electrons. The molecule has 0 N–H and O–H groups in total. The van der Waals surface area contributed by atoms with Gasteiger partial charge in [0.05, 0.1) is 5.69 Å². The lowest BCUT2D eigenvalue weighted by Crippen LogP contribution is -2.43. The second-order valence-electron chi connectivity index (χ2n) is 4.91. The van der Waals surface area contributed by atoms with Crippen LogP contribution in [0.4, 0.5) is 5.69 Å². The van der Waals surface area contributed by atoms with Gasteiger partial charge in [-0.05, 0) is 30.9 Å². The summed E-state index contributed by atoms with van der Waals surface area (Å²) in [6, 6.07) is 11.0. The monoisotopic (exact) mass is 246 g/mol. The number of fused-ring (bicyclic) bond motifs is 1. The Labute approximate surface area is 107 Å². The van der Waals surface area contributed by atoms with Crippen LogP contribution in [0, 0.1) is 5.92 Å². The van der Waals surface area contributed by atoms with Crippen LogP contribution in [0.3, 0.4) is 0 Å². The first-order valence-corrected chi connectivity index (χ1v) is 7.32. The molecule has 90 valence electrons. The molecule has 1 saturated carbocycles. The molecular weight excluding hydrogens is 228 g/mol. The van der Waals surface area contributed by atoms with E-state index in [1.54, 1.807) is 0 Å². The van der Waals surface area contributed by atoms with E-state index >= 15 is 0 Å². The summed E-state index contributed by atoms with van der Waals surface area (Å²) in [5, 5.41) is 1.19. The summed E-state index contributed by atoms with van der Waals surface area (Å²) < 4.78 is 0. The average Bonchev–Trinajstić information content (AvgIpc) is 2.83. The zero-order valence-corrected chi connectivity index (χ0v) is 11.0. The van der Waals surface area contributed by atoms with Crippen molar-refractivity contribution < 1.29 is 0 Å². The number of thioether (sulfide) groups is 1. The van der Waals surface area contributed by atoms with Gasteiger partial charge in [-0.1, -0.05) is 36.4 Å². The van der Waals surface area contributed by atoms with Crippen molar-refractivity contribution in [3.8, 4) is 0 Å². The maximum atomic E-state index is 4.77. The van der Waals surface area contributed by atoms with Gasteiger partial charge >= 0.3 is 0 Å². The smallest absolute Gasteiger partial charge is 0.164 e. The van der Waals surface area contributed by atoms with E-state index in [1.165, 1.54) is 30.2 Å². The van der Waals surface area contributed by atoms with Crippen molar-refractivity contribution in [3.05, 3.63) is 30.3 Å². The van der Waals surface area contributed by atoms with Crippen molar-refractivity contribution in [2.24, 2.45) is 10.9 Å². The molecule has 2 aliphatic rings. The minimum Gasteiger partial charge on any atom is -0.351 e. The molecule has 0 amide bonds. The van der Waals surface area contributed by atoms with Gasteiger partial charge in [0.1, 0.15) is 0 Å². The Kier molecular flexibility index (Phi) is 3.10. The summed E-state index contributed by atoms with van der Waals surface area (Å²) in [6.07, 6.45) is 4.13. The number of aliphatic imine (C=N–C) groups is 1. The minimum absolute atomic E-state index is 0.735. The van der Waals surface area contributed by atoms with Crippen LogP contribution >= 0.6 is 11.8 Å². The topological polar surface area (TPSA) is 15.6 Å².